The Morgan fingerprint density at radius 1 is 1.33 bits per heavy atom. The lowest BCUT2D eigenvalue weighted by Crippen LogP contribution is -2.39. The fourth-order valence-electron chi connectivity index (χ4n) is 3.25. The van der Waals surface area contributed by atoms with E-state index in [1.54, 1.807) is 0 Å². The number of nitrogens with zero attached hydrogens (tertiary/aromatic N) is 3. The molecule has 1 fully saturated rings. The zero-order valence-corrected chi connectivity index (χ0v) is 14.9. The smallest absolute Gasteiger partial charge is 0.241 e. The van der Waals surface area contributed by atoms with Gasteiger partial charge >= 0.3 is 0 Å². The minimum absolute atomic E-state index is 0.204. The van der Waals surface area contributed by atoms with E-state index < -0.39 is 0 Å². The Bertz CT molecular complexity index is 666. The van der Waals surface area contributed by atoms with Crippen LogP contribution in [-0.4, -0.2) is 39.3 Å². The molecule has 0 spiro atoms. The van der Waals surface area contributed by atoms with E-state index in [-0.39, 0.29) is 6.10 Å². The normalized spacial score (nSPS) is 18.2. The second-order valence-electron chi connectivity index (χ2n) is 6.87. The van der Waals surface area contributed by atoms with Crippen molar-refractivity contribution in [3.63, 3.8) is 0 Å². The quantitative estimate of drug-likeness (QED) is 0.893. The molecule has 5 nitrogen and oxygen atoms in total. The molecule has 1 aromatic heterocycles. The topological polar surface area (TPSA) is 62.4 Å². The van der Waals surface area contributed by atoms with Crippen LogP contribution >= 0.6 is 11.6 Å². The van der Waals surface area contributed by atoms with Crippen LogP contribution in [0.3, 0.4) is 0 Å². The van der Waals surface area contributed by atoms with E-state index in [9.17, 15) is 5.11 Å². The van der Waals surface area contributed by atoms with Crippen LogP contribution in [0.15, 0.2) is 28.8 Å². The Kier molecular flexibility index (Phi) is 5.54. The average Bonchev–Trinajstić information content (AvgIpc) is 3.03. The summed E-state index contributed by atoms with van der Waals surface area (Å²) >= 11 is 6.00. The monoisotopic (exact) mass is 349 g/mol. The zero-order chi connectivity index (χ0) is 17.1. The van der Waals surface area contributed by atoms with Gasteiger partial charge in [0.05, 0.1) is 12.6 Å². The van der Waals surface area contributed by atoms with Crippen LogP contribution in [-0.2, 0) is 6.54 Å². The number of likely N-dealkylation sites (tertiary alicyclic amines) is 1. The van der Waals surface area contributed by atoms with E-state index in [2.05, 4.69) is 28.9 Å². The van der Waals surface area contributed by atoms with Crippen molar-refractivity contribution in [1.82, 2.24) is 15.0 Å². The van der Waals surface area contributed by atoms with E-state index in [4.69, 9.17) is 16.1 Å². The molecule has 2 aromatic rings. The van der Waals surface area contributed by atoms with Gasteiger partial charge in [-0.1, -0.05) is 42.7 Å². The Labute approximate surface area is 147 Å². The molecule has 1 aromatic carbocycles. The van der Waals surface area contributed by atoms with Gasteiger partial charge in [0.2, 0.25) is 11.7 Å². The minimum atomic E-state index is -0.204. The maximum atomic E-state index is 10.2. The molecule has 3 rings (SSSR count). The van der Waals surface area contributed by atoms with Gasteiger partial charge in [-0.3, -0.25) is 4.90 Å². The van der Waals surface area contributed by atoms with Gasteiger partial charge in [0.1, 0.15) is 0 Å². The molecule has 2 heterocycles. The van der Waals surface area contributed by atoms with Crippen LogP contribution < -0.4 is 0 Å². The van der Waals surface area contributed by atoms with Gasteiger partial charge < -0.3 is 9.63 Å². The van der Waals surface area contributed by atoms with Crippen LogP contribution in [0.25, 0.3) is 11.4 Å². The van der Waals surface area contributed by atoms with Crippen LogP contribution in [0.2, 0.25) is 5.02 Å². The first-order valence-electron chi connectivity index (χ1n) is 8.52. The maximum absolute atomic E-state index is 10.2. The summed E-state index contributed by atoms with van der Waals surface area (Å²) in [6.07, 6.45) is 1.81. The van der Waals surface area contributed by atoms with E-state index in [1.807, 2.05) is 24.3 Å². The van der Waals surface area contributed by atoms with Crippen LogP contribution in [0.4, 0.5) is 0 Å². The van der Waals surface area contributed by atoms with Gasteiger partial charge in [-0.05, 0) is 49.9 Å². The Morgan fingerprint density at radius 3 is 2.75 bits per heavy atom. The van der Waals surface area contributed by atoms with Gasteiger partial charge in [-0.2, -0.15) is 4.98 Å². The van der Waals surface area contributed by atoms with Crippen molar-refractivity contribution in [3.8, 4) is 11.4 Å². The van der Waals surface area contributed by atoms with Gasteiger partial charge in [-0.15, -0.1) is 0 Å². The fraction of sp³-hybridized carbons (Fsp3) is 0.556. The van der Waals surface area contributed by atoms with Gasteiger partial charge in [0, 0.05) is 10.6 Å². The minimum Gasteiger partial charge on any atom is -0.393 e. The van der Waals surface area contributed by atoms with E-state index in [0.717, 1.165) is 31.5 Å². The summed E-state index contributed by atoms with van der Waals surface area (Å²) in [5.41, 5.74) is 0.858. The SMILES string of the molecule is CC(C)[C@@H](O)C1CCN(Cc2nc(-c3cccc(Cl)c3)no2)CC1. The van der Waals surface area contributed by atoms with Crippen molar-refractivity contribution in [3.05, 3.63) is 35.2 Å². The highest BCUT2D eigenvalue weighted by Gasteiger charge is 2.27. The van der Waals surface area contributed by atoms with E-state index >= 15 is 0 Å². The fourth-order valence-corrected chi connectivity index (χ4v) is 3.44. The first kappa shape index (κ1) is 17.4. The van der Waals surface area contributed by atoms with Crippen molar-refractivity contribution in [2.75, 3.05) is 13.1 Å². The lowest BCUT2D eigenvalue weighted by molar-refractivity contribution is 0.0251. The second-order valence-corrected chi connectivity index (χ2v) is 7.31. The Morgan fingerprint density at radius 2 is 2.08 bits per heavy atom. The molecule has 0 bridgehead atoms. The molecule has 0 radical (unpaired) electrons. The molecule has 0 unspecified atom stereocenters. The van der Waals surface area contributed by atoms with Crippen molar-refractivity contribution in [2.45, 2.75) is 39.3 Å². The third-order valence-electron chi connectivity index (χ3n) is 4.71. The molecular weight excluding hydrogens is 326 g/mol. The summed E-state index contributed by atoms with van der Waals surface area (Å²) in [6.45, 7) is 6.70. The number of benzene rings is 1. The highest BCUT2D eigenvalue weighted by Crippen LogP contribution is 2.26. The van der Waals surface area contributed by atoms with Crippen molar-refractivity contribution in [1.29, 1.82) is 0 Å². The molecule has 1 saturated heterocycles. The van der Waals surface area contributed by atoms with Crippen molar-refractivity contribution in [2.24, 2.45) is 11.8 Å². The number of halogens is 1. The number of aliphatic hydroxyl groups is 1. The largest absolute Gasteiger partial charge is 0.393 e. The number of aromatic nitrogens is 2. The molecule has 130 valence electrons. The summed E-state index contributed by atoms with van der Waals surface area (Å²) in [4.78, 5) is 6.77. The number of rotatable bonds is 5. The molecule has 1 atom stereocenters. The molecule has 0 amide bonds. The first-order chi connectivity index (χ1) is 11.5. The first-order valence-corrected chi connectivity index (χ1v) is 8.89. The Hall–Kier alpha value is -1.43. The third kappa shape index (κ3) is 4.15. The predicted octanol–water partition coefficient (Wildman–Crippen LogP) is 3.62. The lowest BCUT2D eigenvalue weighted by Gasteiger charge is -2.34. The highest BCUT2D eigenvalue weighted by atomic mass is 35.5. The molecule has 6 heteroatoms. The number of piperidine rings is 1. The molecule has 1 N–H and O–H groups in total. The number of hydrogen-bond donors (Lipinski definition) is 1. The molecular formula is C18H24ClN3O2. The van der Waals surface area contributed by atoms with Gasteiger partial charge in [0.25, 0.3) is 0 Å². The van der Waals surface area contributed by atoms with Gasteiger partial charge in [0.15, 0.2) is 0 Å². The van der Waals surface area contributed by atoms with Gasteiger partial charge in [-0.25, -0.2) is 0 Å². The summed E-state index contributed by atoms with van der Waals surface area (Å²) in [5.74, 6) is 1.90. The van der Waals surface area contributed by atoms with Crippen LogP contribution in [0.1, 0.15) is 32.6 Å². The van der Waals surface area contributed by atoms with Crippen molar-refractivity contribution < 1.29 is 9.63 Å². The zero-order valence-electron chi connectivity index (χ0n) is 14.2. The van der Waals surface area contributed by atoms with E-state index in [0.29, 0.717) is 35.1 Å². The molecule has 1 aliphatic rings. The molecule has 1 aliphatic heterocycles. The van der Waals surface area contributed by atoms with Crippen LogP contribution in [0, 0.1) is 11.8 Å². The number of aliphatic hydroxyl groups excluding tert-OH is 1. The third-order valence-corrected chi connectivity index (χ3v) is 4.94. The molecule has 0 aliphatic carbocycles. The molecule has 24 heavy (non-hydrogen) atoms. The predicted molar refractivity (Wildman–Crippen MR) is 93.6 cm³/mol. The number of hydrogen-bond acceptors (Lipinski definition) is 5. The van der Waals surface area contributed by atoms with Crippen molar-refractivity contribution >= 4 is 11.6 Å². The summed E-state index contributed by atoms with van der Waals surface area (Å²) in [7, 11) is 0. The highest BCUT2D eigenvalue weighted by molar-refractivity contribution is 6.30. The Balaban J connectivity index is 1.57. The van der Waals surface area contributed by atoms with E-state index in [1.165, 1.54) is 0 Å². The maximum Gasteiger partial charge on any atom is 0.241 e. The van der Waals surface area contributed by atoms with Crippen LogP contribution in [0.5, 0.6) is 0 Å². The summed E-state index contributed by atoms with van der Waals surface area (Å²) in [6, 6.07) is 7.44. The summed E-state index contributed by atoms with van der Waals surface area (Å²) < 4.78 is 5.38. The lowest BCUT2D eigenvalue weighted by atomic mass is 9.86. The molecule has 0 saturated carbocycles. The second kappa shape index (κ2) is 7.64. The average molecular weight is 350 g/mol. The summed E-state index contributed by atoms with van der Waals surface area (Å²) in [5, 5.41) is 14.9. The standard InChI is InChI=1S/C18H24ClN3O2/c1-12(2)17(23)13-6-8-22(9-7-13)11-16-20-18(21-24-16)14-4-3-5-15(19)10-14/h3-5,10,12-13,17,23H,6-9,11H2,1-2H3/t17-/m1/s1.